The van der Waals surface area contributed by atoms with E-state index in [1.165, 1.54) is 11.5 Å². The molecule has 1 unspecified atom stereocenters. The molecule has 5 nitrogen and oxygen atoms in total. The van der Waals surface area contributed by atoms with Gasteiger partial charge in [0.05, 0.1) is 5.69 Å². The van der Waals surface area contributed by atoms with Crippen molar-refractivity contribution in [2.24, 2.45) is 0 Å². The third kappa shape index (κ3) is 3.17. The highest BCUT2D eigenvalue weighted by Crippen LogP contribution is 2.30. The second kappa shape index (κ2) is 6.18. The van der Waals surface area contributed by atoms with Gasteiger partial charge in [-0.3, -0.25) is 4.79 Å². The second-order valence-corrected chi connectivity index (χ2v) is 7.12. The van der Waals surface area contributed by atoms with Crippen LogP contribution in [0.1, 0.15) is 61.8 Å². The number of carbonyl (C=O) groups excluding carboxylic acids is 1. The van der Waals surface area contributed by atoms with Gasteiger partial charge < -0.3 is 10.0 Å². The predicted octanol–water partition coefficient (Wildman–Crippen LogP) is 2.21. The topological polar surface area (TPSA) is 66.3 Å². The van der Waals surface area contributed by atoms with Gasteiger partial charge >= 0.3 is 0 Å². The third-order valence-corrected chi connectivity index (χ3v) is 4.44. The number of hydrogen-bond donors (Lipinski definition) is 1. The average molecular weight is 297 g/mol. The van der Waals surface area contributed by atoms with Crippen LogP contribution in [-0.2, 0) is 5.41 Å². The van der Waals surface area contributed by atoms with Gasteiger partial charge in [0, 0.05) is 24.6 Å². The Labute approximate surface area is 124 Å². The van der Waals surface area contributed by atoms with Crippen molar-refractivity contribution in [2.45, 2.75) is 57.9 Å². The fraction of sp³-hybridized carbons (Fsp3) is 0.786. The van der Waals surface area contributed by atoms with Crippen molar-refractivity contribution < 1.29 is 9.90 Å². The lowest BCUT2D eigenvalue weighted by Gasteiger charge is -2.25. The Hall–Kier alpha value is -1.01. The highest BCUT2D eigenvalue weighted by molar-refractivity contribution is 7.08. The van der Waals surface area contributed by atoms with Crippen LogP contribution < -0.4 is 0 Å². The predicted molar refractivity (Wildman–Crippen MR) is 79.0 cm³/mol. The molecule has 1 amide bonds. The summed E-state index contributed by atoms with van der Waals surface area (Å²) in [6.45, 7) is 7.14. The number of nitrogens with zero attached hydrogens (tertiary/aromatic N) is 3. The summed E-state index contributed by atoms with van der Waals surface area (Å²) in [5, 5.41) is 13.1. The molecule has 1 N–H and O–H groups in total. The Morgan fingerprint density at radius 3 is 2.90 bits per heavy atom. The first-order chi connectivity index (χ1) is 9.45. The van der Waals surface area contributed by atoms with Crippen molar-refractivity contribution in [2.75, 3.05) is 13.2 Å². The fourth-order valence-electron chi connectivity index (χ4n) is 2.68. The summed E-state index contributed by atoms with van der Waals surface area (Å²) >= 11 is 1.20. The van der Waals surface area contributed by atoms with Gasteiger partial charge in [-0.2, -0.15) is 0 Å². The monoisotopic (exact) mass is 297 g/mol. The number of aliphatic hydroxyl groups excluding tert-OH is 1. The molecule has 0 radical (unpaired) electrons. The maximum absolute atomic E-state index is 12.7. The summed E-state index contributed by atoms with van der Waals surface area (Å²) in [5.41, 5.74) is 0.624. The molecule has 2 heterocycles. The number of carbonyl (C=O) groups is 1. The van der Waals surface area contributed by atoms with Crippen LogP contribution >= 0.6 is 11.5 Å². The van der Waals surface area contributed by atoms with E-state index in [0.717, 1.165) is 37.9 Å². The minimum absolute atomic E-state index is 0.0605. The summed E-state index contributed by atoms with van der Waals surface area (Å²) in [5.74, 6) is 0.0605. The molecule has 1 aromatic rings. The molecule has 0 spiro atoms. The maximum atomic E-state index is 12.7. The molecule has 1 aliphatic rings. The van der Waals surface area contributed by atoms with Crippen LogP contribution in [-0.4, -0.2) is 44.7 Å². The van der Waals surface area contributed by atoms with E-state index in [0.29, 0.717) is 4.88 Å². The van der Waals surface area contributed by atoms with Crippen molar-refractivity contribution in [3.63, 3.8) is 0 Å². The molecule has 112 valence electrons. The highest BCUT2D eigenvalue weighted by atomic mass is 32.1. The van der Waals surface area contributed by atoms with Crippen LogP contribution in [0.3, 0.4) is 0 Å². The molecule has 1 aromatic heterocycles. The fourth-order valence-corrected chi connectivity index (χ4v) is 3.52. The molecule has 0 saturated carbocycles. The van der Waals surface area contributed by atoms with Crippen LogP contribution in [0.2, 0.25) is 0 Å². The lowest BCUT2D eigenvalue weighted by atomic mass is 9.91. The molecule has 0 bridgehead atoms. The largest absolute Gasteiger partial charge is 0.396 e. The molecule has 0 aromatic carbocycles. The van der Waals surface area contributed by atoms with E-state index < -0.39 is 0 Å². The zero-order valence-corrected chi connectivity index (χ0v) is 13.2. The standard InChI is InChI=1S/C14H23N3O2S/c1-14(2,3)12-11(20-16-15-12)13(19)17-8-4-6-10(17)7-5-9-18/h10,18H,4-9H2,1-3H3. The molecule has 20 heavy (non-hydrogen) atoms. The van der Waals surface area contributed by atoms with E-state index >= 15 is 0 Å². The summed E-state index contributed by atoms with van der Waals surface area (Å²) in [6, 6.07) is 0.254. The summed E-state index contributed by atoms with van der Waals surface area (Å²) in [7, 11) is 0. The molecular formula is C14H23N3O2S. The lowest BCUT2D eigenvalue weighted by molar-refractivity contribution is 0.0726. The Kier molecular flexibility index (Phi) is 4.75. The van der Waals surface area contributed by atoms with E-state index in [-0.39, 0.29) is 24.0 Å². The normalized spacial score (nSPS) is 19.6. The van der Waals surface area contributed by atoms with Crippen LogP contribution in [0.5, 0.6) is 0 Å². The first-order valence-corrected chi connectivity index (χ1v) is 7.97. The molecule has 1 aliphatic heterocycles. The molecule has 1 saturated heterocycles. The van der Waals surface area contributed by atoms with Gasteiger partial charge in [-0.15, -0.1) is 5.10 Å². The average Bonchev–Trinajstić information content (AvgIpc) is 3.03. The Balaban J connectivity index is 2.17. The van der Waals surface area contributed by atoms with E-state index in [2.05, 4.69) is 9.59 Å². The zero-order chi connectivity index (χ0) is 14.8. The van der Waals surface area contributed by atoms with E-state index in [1.807, 2.05) is 25.7 Å². The molecule has 1 fully saturated rings. The van der Waals surface area contributed by atoms with E-state index in [1.54, 1.807) is 0 Å². The van der Waals surface area contributed by atoms with Crippen molar-refractivity contribution in [1.82, 2.24) is 14.5 Å². The van der Waals surface area contributed by atoms with Crippen molar-refractivity contribution >= 4 is 17.4 Å². The Bertz CT molecular complexity index is 467. The van der Waals surface area contributed by atoms with E-state index in [4.69, 9.17) is 5.11 Å². The lowest BCUT2D eigenvalue weighted by Crippen LogP contribution is -2.36. The number of amides is 1. The first kappa shape index (κ1) is 15.4. The van der Waals surface area contributed by atoms with Crippen molar-refractivity contribution in [3.8, 4) is 0 Å². The third-order valence-electron chi connectivity index (χ3n) is 3.73. The number of aromatic nitrogens is 2. The second-order valence-electron chi connectivity index (χ2n) is 6.36. The minimum atomic E-state index is -0.168. The van der Waals surface area contributed by atoms with Gasteiger partial charge in [-0.25, -0.2) is 0 Å². The van der Waals surface area contributed by atoms with Gasteiger partial charge in [0.1, 0.15) is 4.88 Å². The van der Waals surface area contributed by atoms with Crippen LogP contribution in [0, 0.1) is 0 Å². The first-order valence-electron chi connectivity index (χ1n) is 7.20. The number of hydrogen-bond acceptors (Lipinski definition) is 5. The minimum Gasteiger partial charge on any atom is -0.396 e. The molecule has 6 heteroatoms. The summed E-state index contributed by atoms with van der Waals surface area (Å²) in [4.78, 5) is 15.4. The van der Waals surface area contributed by atoms with Crippen molar-refractivity contribution in [1.29, 1.82) is 0 Å². The van der Waals surface area contributed by atoms with Crippen molar-refractivity contribution in [3.05, 3.63) is 10.6 Å². The van der Waals surface area contributed by atoms with Crippen LogP contribution in [0.15, 0.2) is 0 Å². The van der Waals surface area contributed by atoms with Gasteiger partial charge in [-0.1, -0.05) is 25.3 Å². The SMILES string of the molecule is CC(C)(C)c1nnsc1C(=O)N1CCCC1CCCO. The van der Waals surface area contributed by atoms with Gasteiger partial charge in [-0.05, 0) is 37.2 Å². The molecule has 1 atom stereocenters. The smallest absolute Gasteiger partial charge is 0.267 e. The molecular weight excluding hydrogens is 274 g/mol. The summed E-state index contributed by atoms with van der Waals surface area (Å²) in [6.07, 6.45) is 3.70. The number of rotatable bonds is 4. The Morgan fingerprint density at radius 2 is 2.25 bits per heavy atom. The highest BCUT2D eigenvalue weighted by Gasteiger charge is 2.34. The van der Waals surface area contributed by atoms with Crippen LogP contribution in [0.4, 0.5) is 0 Å². The molecule has 2 rings (SSSR count). The number of aliphatic hydroxyl groups is 1. The van der Waals surface area contributed by atoms with Gasteiger partial charge in [0.15, 0.2) is 0 Å². The molecule has 0 aliphatic carbocycles. The zero-order valence-electron chi connectivity index (χ0n) is 12.4. The number of likely N-dealkylation sites (tertiary alicyclic amines) is 1. The van der Waals surface area contributed by atoms with Crippen LogP contribution in [0.25, 0.3) is 0 Å². The van der Waals surface area contributed by atoms with Gasteiger partial charge in [0.25, 0.3) is 5.91 Å². The summed E-state index contributed by atoms with van der Waals surface area (Å²) < 4.78 is 3.97. The maximum Gasteiger partial charge on any atom is 0.267 e. The van der Waals surface area contributed by atoms with Gasteiger partial charge in [0.2, 0.25) is 0 Å². The quantitative estimate of drug-likeness (QED) is 0.925. The Morgan fingerprint density at radius 1 is 1.50 bits per heavy atom. The van der Waals surface area contributed by atoms with E-state index in [9.17, 15) is 4.79 Å².